The largest absolute Gasteiger partial charge is 0.485 e. The first-order chi connectivity index (χ1) is 5.68. The summed E-state index contributed by atoms with van der Waals surface area (Å²) in [4.78, 5) is 11.2. The van der Waals surface area contributed by atoms with E-state index in [0.29, 0.717) is 11.3 Å². The van der Waals surface area contributed by atoms with Crippen LogP contribution in [0.3, 0.4) is 0 Å². The minimum Gasteiger partial charge on any atom is -0.485 e. The van der Waals surface area contributed by atoms with Gasteiger partial charge in [0.25, 0.3) is 0 Å². The Kier molecular flexibility index (Phi) is 1.96. The minimum atomic E-state index is 0.0318. The highest BCUT2D eigenvalue weighted by atomic mass is 79.9. The summed E-state index contributed by atoms with van der Waals surface area (Å²) in [6, 6.07) is 3.64. The van der Waals surface area contributed by atoms with Crippen LogP contribution in [0.25, 0.3) is 0 Å². The third-order valence-electron chi connectivity index (χ3n) is 1.66. The van der Waals surface area contributed by atoms with Crippen molar-refractivity contribution in [3.63, 3.8) is 0 Å². The number of hydrogen-bond acceptors (Lipinski definition) is 2. The zero-order valence-corrected chi connectivity index (χ0v) is 9.11. The molecule has 0 saturated heterocycles. The number of carbonyl (C=O) groups is 1. The van der Waals surface area contributed by atoms with Crippen molar-refractivity contribution in [3.8, 4) is 5.75 Å². The van der Waals surface area contributed by atoms with E-state index in [4.69, 9.17) is 4.74 Å². The van der Waals surface area contributed by atoms with Gasteiger partial charge >= 0.3 is 0 Å². The Balaban J connectivity index is 2.68. The molecule has 1 aromatic rings. The predicted octanol–water partition coefficient (Wildman–Crippen LogP) is 2.79. The van der Waals surface area contributed by atoms with Crippen LogP contribution in [0, 0.1) is 0 Å². The number of ether oxygens (including phenoxy) is 1. The summed E-state index contributed by atoms with van der Waals surface area (Å²) >= 11 is 6.62. The van der Waals surface area contributed by atoms with Crippen molar-refractivity contribution in [3.05, 3.63) is 26.6 Å². The first kappa shape index (κ1) is 8.26. The molecule has 12 heavy (non-hydrogen) atoms. The van der Waals surface area contributed by atoms with E-state index in [1.54, 1.807) is 6.07 Å². The summed E-state index contributed by atoms with van der Waals surface area (Å²) in [7, 11) is 0. The average Bonchev–Trinajstić information content (AvgIpc) is 2.31. The quantitative estimate of drug-likeness (QED) is 0.735. The first-order valence-corrected chi connectivity index (χ1v) is 4.92. The van der Waals surface area contributed by atoms with E-state index in [2.05, 4.69) is 31.9 Å². The fourth-order valence-corrected chi connectivity index (χ4v) is 2.56. The molecule has 0 radical (unpaired) electrons. The molecule has 1 heterocycles. The molecule has 0 spiro atoms. The molecule has 0 unspecified atom stereocenters. The molecule has 0 amide bonds. The van der Waals surface area contributed by atoms with Gasteiger partial charge in [0, 0.05) is 8.95 Å². The Bertz CT molecular complexity index is 360. The van der Waals surface area contributed by atoms with Gasteiger partial charge in [-0.05, 0) is 28.1 Å². The summed E-state index contributed by atoms with van der Waals surface area (Å²) in [6.45, 7) is 0.157. The van der Waals surface area contributed by atoms with Crippen LogP contribution in [-0.4, -0.2) is 12.4 Å². The molecule has 0 atom stereocenters. The smallest absolute Gasteiger partial charge is 0.205 e. The highest BCUT2D eigenvalue weighted by molar-refractivity contribution is 9.11. The van der Waals surface area contributed by atoms with Crippen molar-refractivity contribution < 1.29 is 9.53 Å². The Labute approximate surface area is 86.2 Å². The van der Waals surface area contributed by atoms with E-state index in [9.17, 15) is 4.79 Å². The van der Waals surface area contributed by atoms with Gasteiger partial charge in [0.05, 0.1) is 5.56 Å². The highest BCUT2D eigenvalue weighted by Gasteiger charge is 2.24. The third-order valence-corrected chi connectivity index (χ3v) is 2.74. The van der Waals surface area contributed by atoms with Gasteiger partial charge in [0.1, 0.15) is 5.75 Å². The van der Waals surface area contributed by atoms with Gasteiger partial charge in [0.2, 0.25) is 5.78 Å². The van der Waals surface area contributed by atoms with Crippen molar-refractivity contribution in [2.75, 3.05) is 6.61 Å². The van der Waals surface area contributed by atoms with Crippen LogP contribution in [0.2, 0.25) is 0 Å². The van der Waals surface area contributed by atoms with E-state index in [0.717, 1.165) is 8.95 Å². The zero-order valence-electron chi connectivity index (χ0n) is 5.93. The van der Waals surface area contributed by atoms with Crippen LogP contribution >= 0.6 is 31.9 Å². The Morgan fingerprint density at radius 2 is 2.08 bits per heavy atom. The molecule has 1 aliphatic heterocycles. The number of benzene rings is 1. The molecule has 4 heteroatoms. The Hall–Kier alpha value is -0.350. The summed E-state index contributed by atoms with van der Waals surface area (Å²) in [5.74, 6) is 0.686. The molecule has 0 aromatic heterocycles. The van der Waals surface area contributed by atoms with Crippen LogP contribution in [0.5, 0.6) is 5.75 Å². The second-order valence-corrected chi connectivity index (χ2v) is 4.24. The molecule has 0 aliphatic carbocycles. The first-order valence-electron chi connectivity index (χ1n) is 3.33. The SMILES string of the molecule is O=C1COc2cc(Br)cc(Br)c21. The van der Waals surface area contributed by atoms with Crippen molar-refractivity contribution in [2.45, 2.75) is 0 Å². The summed E-state index contributed by atoms with van der Waals surface area (Å²) in [6.07, 6.45) is 0. The van der Waals surface area contributed by atoms with Crippen LogP contribution in [-0.2, 0) is 0 Å². The Morgan fingerprint density at radius 3 is 2.83 bits per heavy atom. The van der Waals surface area contributed by atoms with Gasteiger partial charge in [-0.3, -0.25) is 4.79 Å². The van der Waals surface area contributed by atoms with Crippen molar-refractivity contribution in [1.29, 1.82) is 0 Å². The lowest BCUT2D eigenvalue weighted by atomic mass is 10.1. The van der Waals surface area contributed by atoms with Crippen LogP contribution in [0.4, 0.5) is 0 Å². The fourth-order valence-electron chi connectivity index (χ4n) is 1.15. The molecular weight excluding hydrogens is 288 g/mol. The number of halogens is 2. The highest BCUT2D eigenvalue weighted by Crippen LogP contribution is 2.34. The molecule has 0 bridgehead atoms. The molecule has 1 aliphatic rings. The summed E-state index contributed by atoms with van der Waals surface area (Å²) < 4.78 is 6.85. The second kappa shape index (κ2) is 2.85. The molecule has 2 nitrogen and oxygen atoms in total. The molecule has 0 saturated carbocycles. The van der Waals surface area contributed by atoms with Crippen molar-refractivity contribution in [2.24, 2.45) is 0 Å². The van der Waals surface area contributed by atoms with E-state index in [-0.39, 0.29) is 12.4 Å². The van der Waals surface area contributed by atoms with Crippen molar-refractivity contribution >= 4 is 37.6 Å². The topological polar surface area (TPSA) is 26.3 Å². The van der Waals surface area contributed by atoms with Gasteiger partial charge < -0.3 is 4.74 Å². The van der Waals surface area contributed by atoms with Crippen LogP contribution in [0.15, 0.2) is 21.1 Å². The molecule has 0 fully saturated rings. The maximum atomic E-state index is 11.2. The summed E-state index contributed by atoms with van der Waals surface area (Å²) in [5, 5.41) is 0. The lowest BCUT2D eigenvalue weighted by molar-refractivity contribution is 0.0960. The number of rotatable bonds is 0. The van der Waals surface area contributed by atoms with E-state index in [1.807, 2.05) is 6.07 Å². The zero-order chi connectivity index (χ0) is 8.72. The normalized spacial score (nSPS) is 14.3. The second-order valence-electron chi connectivity index (χ2n) is 2.47. The van der Waals surface area contributed by atoms with Gasteiger partial charge in [-0.15, -0.1) is 0 Å². The summed E-state index contributed by atoms with van der Waals surface area (Å²) in [5.41, 5.74) is 0.651. The molecule has 62 valence electrons. The third kappa shape index (κ3) is 1.19. The number of ketones is 1. The maximum absolute atomic E-state index is 11.2. The lowest BCUT2D eigenvalue weighted by Gasteiger charge is -1.99. The van der Waals surface area contributed by atoms with E-state index >= 15 is 0 Å². The number of carbonyl (C=O) groups excluding carboxylic acids is 1. The van der Waals surface area contributed by atoms with Gasteiger partial charge in [0.15, 0.2) is 6.61 Å². The standard InChI is InChI=1S/C8H4Br2O2/c9-4-1-5(10)8-6(11)3-12-7(8)2-4/h1-2H,3H2. The van der Waals surface area contributed by atoms with Gasteiger partial charge in [-0.1, -0.05) is 15.9 Å². The van der Waals surface area contributed by atoms with Crippen LogP contribution < -0.4 is 4.74 Å². The molecule has 2 rings (SSSR count). The lowest BCUT2D eigenvalue weighted by Crippen LogP contribution is -1.99. The monoisotopic (exact) mass is 290 g/mol. The van der Waals surface area contributed by atoms with E-state index < -0.39 is 0 Å². The number of hydrogen-bond donors (Lipinski definition) is 0. The maximum Gasteiger partial charge on any atom is 0.205 e. The fraction of sp³-hybridized carbons (Fsp3) is 0.125. The van der Waals surface area contributed by atoms with Gasteiger partial charge in [-0.25, -0.2) is 0 Å². The Morgan fingerprint density at radius 1 is 1.33 bits per heavy atom. The number of Topliss-reactive ketones (excluding diaryl/α,β-unsaturated/α-hetero) is 1. The van der Waals surface area contributed by atoms with E-state index in [1.165, 1.54) is 0 Å². The van der Waals surface area contributed by atoms with Gasteiger partial charge in [-0.2, -0.15) is 0 Å². The van der Waals surface area contributed by atoms with Crippen molar-refractivity contribution in [1.82, 2.24) is 0 Å². The average molecular weight is 292 g/mol. The molecule has 0 N–H and O–H groups in total. The number of fused-ring (bicyclic) bond motifs is 1. The molecule has 1 aromatic carbocycles. The van der Waals surface area contributed by atoms with Crippen LogP contribution in [0.1, 0.15) is 10.4 Å². The molecular formula is C8H4Br2O2. The minimum absolute atomic E-state index is 0.0318. The predicted molar refractivity (Wildman–Crippen MR) is 51.7 cm³/mol.